The molecule has 1 N–H and O–H groups in total. The number of carbonyl (C=O) groups is 2. The zero-order valence-electron chi connectivity index (χ0n) is 17.5. The van der Waals surface area contributed by atoms with Gasteiger partial charge in [0.25, 0.3) is 5.56 Å². The first-order valence-electron chi connectivity index (χ1n) is 9.54. The molecule has 0 aliphatic rings. The Kier molecular flexibility index (Phi) is 6.35. The zero-order chi connectivity index (χ0) is 22.0. The van der Waals surface area contributed by atoms with Crippen molar-refractivity contribution in [3.63, 3.8) is 0 Å². The predicted molar refractivity (Wildman–Crippen MR) is 110 cm³/mol. The van der Waals surface area contributed by atoms with Crippen LogP contribution in [0.5, 0.6) is 0 Å². The molecule has 0 aliphatic heterocycles. The Bertz CT molecular complexity index is 1140. The molecule has 0 saturated heterocycles. The van der Waals surface area contributed by atoms with Gasteiger partial charge in [0.05, 0.1) is 17.7 Å². The highest BCUT2D eigenvalue weighted by Gasteiger charge is 2.22. The summed E-state index contributed by atoms with van der Waals surface area (Å²) in [5, 5.41) is 4.20. The van der Waals surface area contributed by atoms with Gasteiger partial charge in [-0.2, -0.15) is 0 Å². The van der Waals surface area contributed by atoms with Gasteiger partial charge in [-0.05, 0) is 46.6 Å². The number of carbonyl (C=O) groups excluding carboxylic acids is 2. The van der Waals surface area contributed by atoms with Crippen molar-refractivity contribution < 1.29 is 23.6 Å². The van der Waals surface area contributed by atoms with Crippen molar-refractivity contribution in [2.45, 2.75) is 53.6 Å². The third-order valence-electron chi connectivity index (χ3n) is 4.73. The number of aromatic amines is 1. The zero-order valence-corrected chi connectivity index (χ0v) is 18.3. The van der Waals surface area contributed by atoms with Gasteiger partial charge < -0.3 is 19.0 Å². The summed E-state index contributed by atoms with van der Waals surface area (Å²) < 4.78 is 15.6. The maximum absolute atomic E-state index is 12.6. The van der Waals surface area contributed by atoms with E-state index in [0.717, 1.165) is 22.6 Å². The lowest BCUT2D eigenvalue weighted by molar-refractivity contribution is -0.148. The Morgan fingerprint density at radius 3 is 2.63 bits per heavy atom. The SMILES string of the molecule is CCOC(=O)c1sc2nc([C@H](C)OC(=O)CCc3c(C)noc3C)[nH]c(=O)c2c1C. The fourth-order valence-corrected chi connectivity index (χ4v) is 4.22. The van der Waals surface area contributed by atoms with Crippen LogP contribution in [0.2, 0.25) is 0 Å². The molecule has 0 aromatic carbocycles. The van der Waals surface area contributed by atoms with E-state index < -0.39 is 23.6 Å². The summed E-state index contributed by atoms with van der Waals surface area (Å²) in [6, 6.07) is 0. The van der Waals surface area contributed by atoms with Gasteiger partial charge in [0.2, 0.25) is 0 Å². The highest BCUT2D eigenvalue weighted by molar-refractivity contribution is 7.20. The second-order valence-corrected chi connectivity index (χ2v) is 7.84. The standard InChI is InChI=1S/C20H23N3O6S/c1-6-27-20(26)16-9(2)15-18(25)21-17(22-19(15)30-16)12(5)28-14(24)8-7-13-10(3)23-29-11(13)4/h12H,6-8H2,1-5H3,(H,21,22,25)/t12-/m0/s1. The minimum Gasteiger partial charge on any atom is -0.462 e. The Hall–Kier alpha value is -3.01. The molecule has 160 valence electrons. The molecule has 3 rings (SSSR count). The molecule has 0 unspecified atom stereocenters. The van der Waals surface area contributed by atoms with Crippen LogP contribution in [0.1, 0.15) is 64.4 Å². The number of nitrogens with zero attached hydrogens (tertiary/aromatic N) is 2. The first-order chi connectivity index (χ1) is 14.2. The molecular weight excluding hydrogens is 410 g/mol. The number of aryl methyl sites for hydroxylation is 3. The second-order valence-electron chi connectivity index (χ2n) is 6.84. The molecule has 3 aromatic rings. The van der Waals surface area contributed by atoms with E-state index in [1.165, 1.54) is 0 Å². The Morgan fingerprint density at radius 2 is 2.00 bits per heavy atom. The number of nitrogens with one attached hydrogen (secondary N) is 1. The molecule has 0 radical (unpaired) electrons. The second kappa shape index (κ2) is 8.78. The van der Waals surface area contributed by atoms with E-state index >= 15 is 0 Å². The number of thiophene rings is 1. The molecule has 0 spiro atoms. The number of aromatic nitrogens is 3. The maximum Gasteiger partial charge on any atom is 0.348 e. The van der Waals surface area contributed by atoms with Crippen LogP contribution in [0.4, 0.5) is 0 Å². The summed E-state index contributed by atoms with van der Waals surface area (Å²) in [6.07, 6.45) is -0.166. The lowest BCUT2D eigenvalue weighted by Gasteiger charge is -2.12. The topological polar surface area (TPSA) is 124 Å². The van der Waals surface area contributed by atoms with Gasteiger partial charge in [-0.1, -0.05) is 5.16 Å². The predicted octanol–water partition coefficient (Wildman–Crippen LogP) is 3.31. The van der Waals surface area contributed by atoms with Crippen LogP contribution in [0.15, 0.2) is 9.32 Å². The molecule has 0 fully saturated rings. The summed E-state index contributed by atoms with van der Waals surface area (Å²) in [6.45, 7) is 8.87. The number of H-pyrrole nitrogens is 1. The van der Waals surface area contributed by atoms with Gasteiger partial charge in [0, 0.05) is 12.0 Å². The van der Waals surface area contributed by atoms with E-state index in [1.54, 1.807) is 27.7 Å². The Balaban J connectivity index is 1.76. The molecule has 9 nitrogen and oxygen atoms in total. The fraction of sp³-hybridized carbons (Fsp3) is 0.450. The van der Waals surface area contributed by atoms with Gasteiger partial charge >= 0.3 is 11.9 Å². The van der Waals surface area contributed by atoms with E-state index in [0.29, 0.717) is 32.8 Å². The monoisotopic (exact) mass is 433 g/mol. The fourth-order valence-electron chi connectivity index (χ4n) is 3.14. The van der Waals surface area contributed by atoms with Crippen molar-refractivity contribution in [2.75, 3.05) is 6.61 Å². The molecule has 3 aromatic heterocycles. The van der Waals surface area contributed by atoms with Crippen molar-refractivity contribution in [1.82, 2.24) is 15.1 Å². The lowest BCUT2D eigenvalue weighted by atomic mass is 10.1. The molecule has 0 amide bonds. The number of fused-ring (bicyclic) bond motifs is 1. The summed E-state index contributed by atoms with van der Waals surface area (Å²) >= 11 is 1.08. The first-order valence-corrected chi connectivity index (χ1v) is 10.4. The molecule has 0 saturated carbocycles. The van der Waals surface area contributed by atoms with E-state index in [4.69, 9.17) is 14.0 Å². The van der Waals surface area contributed by atoms with E-state index in [9.17, 15) is 14.4 Å². The number of hydrogen-bond acceptors (Lipinski definition) is 9. The van der Waals surface area contributed by atoms with Crippen LogP contribution in [0, 0.1) is 20.8 Å². The molecule has 0 aliphatic carbocycles. The average Bonchev–Trinajstić information content (AvgIpc) is 3.19. The van der Waals surface area contributed by atoms with Gasteiger partial charge in [0.1, 0.15) is 15.5 Å². The number of ether oxygens (including phenoxy) is 2. The van der Waals surface area contributed by atoms with Gasteiger partial charge in [-0.3, -0.25) is 9.59 Å². The normalized spacial score (nSPS) is 12.2. The van der Waals surface area contributed by atoms with E-state index in [-0.39, 0.29) is 18.9 Å². The minimum atomic E-state index is -0.757. The van der Waals surface area contributed by atoms with Crippen LogP contribution in [0.3, 0.4) is 0 Å². The van der Waals surface area contributed by atoms with Crippen LogP contribution in [-0.4, -0.2) is 33.7 Å². The first kappa shape index (κ1) is 21.7. The Labute approximate surface area is 176 Å². The molecule has 3 heterocycles. The van der Waals surface area contributed by atoms with Gasteiger partial charge in [-0.15, -0.1) is 11.3 Å². The van der Waals surface area contributed by atoms with Crippen LogP contribution in [-0.2, 0) is 20.7 Å². The van der Waals surface area contributed by atoms with Gasteiger partial charge in [0.15, 0.2) is 11.9 Å². The van der Waals surface area contributed by atoms with Crippen LogP contribution in [0.25, 0.3) is 10.2 Å². The number of rotatable bonds is 7. The third-order valence-corrected chi connectivity index (χ3v) is 5.90. The highest BCUT2D eigenvalue weighted by atomic mass is 32.1. The van der Waals surface area contributed by atoms with Crippen LogP contribution >= 0.6 is 11.3 Å². The van der Waals surface area contributed by atoms with Crippen LogP contribution < -0.4 is 5.56 Å². The largest absolute Gasteiger partial charge is 0.462 e. The van der Waals surface area contributed by atoms with E-state index in [2.05, 4.69) is 15.1 Å². The van der Waals surface area contributed by atoms with Crippen molar-refractivity contribution >= 4 is 33.5 Å². The summed E-state index contributed by atoms with van der Waals surface area (Å²) in [5.74, 6) is -0.0253. The third kappa shape index (κ3) is 4.28. The molecule has 30 heavy (non-hydrogen) atoms. The quantitative estimate of drug-likeness (QED) is 0.563. The van der Waals surface area contributed by atoms with Gasteiger partial charge in [-0.25, -0.2) is 9.78 Å². The smallest absolute Gasteiger partial charge is 0.348 e. The van der Waals surface area contributed by atoms with Crippen molar-refractivity contribution in [1.29, 1.82) is 0 Å². The van der Waals surface area contributed by atoms with Crippen molar-refractivity contribution in [2.24, 2.45) is 0 Å². The minimum absolute atomic E-state index is 0.144. The molecular formula is C20H23N3O6S. The Morgan fingerprint density at radius 1 is 1.27 bits per heavy atom. The maximum atomic E-state index is 12.6. The van der Waals surface area contributed by atoms with Crippen molar-refractivity contribution in [3.8, 4) is 0 Å². The average molecular weight is 433 g/mol. The number of esters is 2. The molecule has 0 bridgehead atoms. The summed E-state index contributed by atoms with van der Waals surface area (Å²) in [4.78, 5) is 44.7. The lowest BCUT2D eigenvalue weighted by Crippen LogP contribution is -2.17. The van der Waals surface area contributed by atoms with E-state index in [1.807, 2.05) is 6.92 Å². The summed E-state index contributed by atoms with van der Waals surface area (Å²) in [5.41, 5.74) is 1.76. The summed E-state index contributed by atoms with van der Waals surface area (Å²) in [7, 11) is 0. The van der Waals surface area contributed by atoms with Crippen molar-refractivity contribution in [3.05, 3.63) is 43.6 Å². The molecule has 1 atom stereocenters. The highest BCUT2D eigenvalue weighted by Crippen LogP contribution is 2.28. The molecule has 10 heteroatoms. The number of hydrogen-bond donors (Lipinski definition) is 1.